The van der Waals surface area contributed by atoms with Gasteiger partial charge in [-0.3, -0.25) is 4.79 Å². The Morgan fingerprint density at radius 2 is 2.19 bits per heavy atom. The summed E-state index contributed by atoms with van der Waals surface area (Å²) in [6.45, 7) is 8.23. The fourth-order valence-electron chi connectivity index (χ4n) is 1.76. The van der Waals surface area contributed by atoms with E-state index in [9.17, 15) is 4.79 Å². The van der Waals surface area contributed by atoms with Crippen LogP contribution in [-0.2, 0) is 9.53 Å². The van der Waals surface area contributed by atoms with E-state index in [0.717, 1.165) is 26.0 Å². The summed E-state index contributed by atoms with van der Waals surface area (Å²) in [5.41, 5.74) is 0. The summed E-state index contributed by atoms with van der Waals surface area (Å²) >= 11 is 0. The first-order chi connectivity index (χ1) is 7.59. The van der Waals surface area contributed by atoms with Crippen molar-refractivity contribution >= 4 is 5.91 Å². The molecule has 4 heteroatoms. The summed E-state index contributed by atoms with van der Waals surface area (Å²) in [5, 5.41) is 6.10. The van der Waals surface area contributed by atoms with Crippen LogP contribution in [0.1, 0.15) is 33.6 Å². The molecule has 0 bridgehead atoms. The van der Waals surface area contributed by atoms with Crippen LogP contribution >= 0.6 is 0 Å². The summed E-state index contributed by atoms with van der Waals surface area (Å²) in [5.74, 6) is 0.568. The first-order valence-corrected chi connectivity index (χ1v) is 6.21. The Balaban J connectivity index is 2.10. The van der Waals surface area contributed by atoms with Gasteiger partial charge in [0.15, 0.2) is 0 Å². The lowest BCUT2D eigenvalue weighted by atomic mass is 10.1. The second kappa shape index (κ2) is 6.86. The third-order valence-corrected chi connectivity index (χ3v) is 2.81. The molecule has 1 rings (SSSR count). The van der Waals surface area contributed by atoms with Crippen LogP contribution in [0.4, 0.5) is 0 Å². The van der Waals surface area contributed by atoms with Gasteiger partial charge in [-0.15, -0.1) is 0 Å². The predicted octanol–water partition coefficient (Wildman–Crippen LogP) is 0.916. The fourth-order valence-corrected chi connectivity index (χ4v) is 1.76. The molecule has 4 nitrogen and oxygen atoms in total. The number of rotatable bonds is 6. The van der Waals surface area contributed by atoms with Gasteiger partial charge in [-0.2, -0.15) is 0 Å². The minimum atomic E-state index is 0.0681. The zero-order valence-corrected chi connectivity index (χ0v) is 10.6. The third kappa shape index (κ3) is 4.94. The molecule has 1 heterocycles. The van der Waals surface area contributed by atoms with Gasteiger partial charge in [0, 0.05) is 19.2 Å². The molecule has 0 aromatic heterocycles. The Bertz CT molecular complexity index is 213. The summed E-state index contributed by atoms with van der Waals surface area (Å²) < 4.78 is 5.55. The Morgan fingerprint density at radius 3 is 2.75 bits per heavy atom. The van der Waals surface area contributed by atoms with E-state index in [-0.39, 0.29) is 18.1 Å². The van der Waals surface area contributed by atoms with Gasteiger partial charge in [-0.05, 0) is 25.7 Å². The van der Waals surface area contributed by atoms with Crippen molar-refractivity contribution < 1.29 is 9.53 Å². The Kier molecular flexibility index (Phi) is 5.77. The molecule has 16 heavy (non-hydrogen) atoms. The van der Waals surface area contributed by atoms with Gasteiger partial charge in [0.1, 0.15) is 0 Å². The zero-order chi connectivity index (χ0) is 12.0. The first kappa shape index (κ1) is 13.5. The molecule has 2 N–H and O–H groups in total. The van der Waals surface area contributed by atoms with Gasteiger partial charge in [-0.1, -0.05) is 13.8 Å². The molecule has 1 amide bonds. The van der Waals surface area contributed by atoms with Crippen molar-refractivity contribution in [3.8, 4) is 0 Å². The van der Waals surface area contributed by atoms with E-state index in [1.807, 2.05) is 0 Å². The van der Waals surface area contributed by atoms with Crippen molar-refractivity contribution in [3.63, 3.8) is 0 Å². The highest BCUT2D eigenvalue weighted by Crippen LogP contribution is 2.14. The maximum Gasteiger partial charge on any atom is 0.233 e. The normalized spacial score (nSPS) is 22.4. The molecule has 0 aliphatic carbocycles. The molecule has 0 aromatic rings. The van der Waals surface area contributed by atoms with Crippen LogP contribution in [0.3, 0.4) is 0 Å². The summed E-state index contributed by atoms with van der Waals surface area (Å²) in [6, 6.07) is 0.257. The van der Waals surface area contributed by atoms with Crippen LogP contribution < -0.4 is 10.6 Å². The highest BCUT2D eigenvalue weighted by Gasteiger charge is 2.22. The van der Waals surface area contributed by atoms with E-state index < -0.39 is 0 Å². The molecule has 1 aliphatic rings. The van der Waals surface area contributed by atoms with E-state index in [1.165, 1.54) is 0 Å². The Morgan fingerprint density at radius 1 is 1.44 bits per heavy atom. The van der Waals surface area contributed by atoms with E-state index in [2.05, 4.69) is 31.4 Å². The van der Waals surface area contributed by atoms with E-state index in [0.29, 0.717) is 12.5 Å². The molecule has 0 aromatic carbocycles. The van der Waals surface area contributed by atoms with Crippen LogP contribution in [-0.4, -0.2) is 37.7 Å². The van der Waals surface area contributed by atoms with Gasteiger partial charge in [0.05, 0.1) is 12.6 Å². The average Bonchev–Trinajstić information content (AvgIpc) is 2.76. The molecule has 1 aliphatic heterocycles. The summed E-state index contributed by atoms with van der Waals surface area (Å²) in [4.78, 5) is 11.5. The van der Waals surface area contributed by atoms with Crippen molar-refractivity contribution in [2.75, 3.05) is 19.7 Å². The molecule has 1 fully saturated rings. The predicted molar refractivity (Wildman–Crippen MR) is 64.3 cm³/mol. The highest BCUT2D eigenvalue weighted by atomic mass is 16.5. The molecular weight excluding hydrogens is 204 g/mol. The molecule has 0 radical (unpaired) electrons. The van der Waals surface area contributed by atoms with E-state index in [4.69, 9.17) is 4.74 Å². The molecule has 2 unspecified atom stereocenters. The maximum absolute atomic E-state index is 11.5. The van der Waals surface area contributed by atoms with Gasteiger partial charge >= 0.3 is 0 Å². The standard InChI is InChI=1S/C12H24N2O2/c1-9(2)7-14-12(15)8-13-10(3)11-5-4-6-16-11/h9-11,13H,4-8H2,1-3H3,(H,14,15). The molecule has 94 valence electrons. The van der Waals surface area contributed by atoms with Crippen LogP contribution in [0.15, 0.2) is 0 Å². The van der Waals surface area contributed by atoms with E-state index in [1.54, 1.807) is 0 Å². The lowest BCUT2D eigenvalue weighted by Crippen LogP contribution is -2.43. The first-order valence-electron chi connectivity index (χ1n) is 6.21. The van der Waals surface area contributed by atoms with Crippen molar-refractivity contribution in [2.45, 2.75) is 45.8 Å². The maximum atomic E-state index is 11.5. The number of ether oxygens (including phenoxy) is 1. The summed E-state index contributed by atoms with van der Waals surface area (Å²) in [7, 11) is 0. The number of carbonyl (C=O) groups is 1. The van der Waals surface area contributed by atoms with Crippen molar-refractivity contribution in [1.29, 1.82) is 0 Å². The topological polar surface area (TPSA) is 50.4 Å². The average molecular weight is 228 g/mol. The molecule has 0 saturated carbocycles. The second-order valence-electron chi connectivity index (χ2n) is 4.92. The van der Waals surface area contributed by atoms with Crippen molar-refractivity contribution in [1.82, 2.24) is 10.6 Å². The van der Waals surface area contributed by atoms with Crippen LogP contribution in [0.25, 0.3) is 0 Å². The zero-order valence-electron chi connectivity index (χ0n) is 10.6. The Labute approximate surface area is 98.1 Å². The van der Waals surface area contributed by atoms with Crippen LogP contribution in [0.2, 0.25) is 0 Å². The van der Waals surface area contributed by atoms with Crippen LogP contribution in [0, 0.1) is 5.92 Å². The van der Waals surface area contributed by atoms with Gasteiger partial charge < -0.3 is 15.4 Å². The van der Waals surface area contributed by atoms with Gasteiger partial charge in [0.2, 0.25) is 5.91 Å². The number of carbonyl (C=O) groups excluding carboxylic acids is 1. The van der Waals surface area contributed by atoms with Gasteiger partial charge in [-0.25, -0.2) is 0 Å². The summed E-state index contributed by atoms with van der Waals surface area (Å²) in [6.07, 6.45) is 2.51. The number of hydrogen-bond acceptors (Lipinski definition) is 3. The molecule has 1 saturated heterocycles. The van der Waals surface area contributed by atoms with Crippen molar-refractivity contribution in [3.05, 3.63) is 0 Å². The lowest BCUT2D eigenvalue weighted by molar-refractivity contribution is -0.120. The molecule has 0 spiro atoms. The monoisotopic (exact) mass is 228 g/mol. The number of amides is 1. The molecule has 2 atom stereocenters. The highest BCUT2D eigenvalue weighted by molar-refractivity contribution is 5.77. The van der Waals surface area contributed by atoms with Crippen molar-refractivity contribution in [2.24, 2.45) is 5.92 Å². The quantitative estimate of drug-likeness (QED) is 0.710. The minimum Gasteiger partial charge on any atom is -0.377 e. The number of nitrogens with one attached hydrogen (secondary N) is 2. The van der Waals surface area contributed by atoms with Gasteiger partial charge in [0.25, 0.3) is 0 Å². The second-order valence-corrected chi connectivity index (χ2v) is 4.92. The van der Waals surface area contributed by atoms with Crippen LogP contribution in [0.5, 0.6) is 0 Å². The third-order valence-electron chi connectivity index (χ3n) is 2.81. The van der Waals surface area contributed by atoms with E-state index >= 15 is 0 Å². The minimum absolute atomic E-state index is 0.0681. The largest absolute Gasteiger partial charge is 0.377 e. The lowest BCUT2D eigenvalue weighted by Gasteiger charge is -2.19. The molecular formula is C12H24N2O2. The fraction of sp³-hybridized carbons (Fsp3) is 0.917. The SMILES string of the molecule is CC(C)CNC(=O)CNC(C)C1CCCO1. The number of hydrogen-bond donors (Lipinski definition) is 2. The Hall–Kier alpha value is -0.610. The smallest absolute Gasteiger partial charge is 0.233 e.